The zero-order valence-corrected chi connectivity index (χ0v) is 20.3. The molecule has 2 aromatic heterocycles. The van der Waals surface area contributed by atoms with Gasteiger partial charge in [0, 0.05) is 34.1 Å². The Morgan fingerprint density at radius 3 is 2.77 bits per heavy atom. The molecule has 35 heavy (non-hydrogen) atoms. The van der Waals surface area contributed by atoms with Gasteiger partial charge < -0.3 is 9.88 Å². The van der Waals surface area contributed by atoms with Crippen molar-refractivity contribution >= 4 is 39.2 Å². The fraction of sp³-hybridized carbons (Fsp3) is 0.207. The van der Waals surface area contributed by atoms with Gasteiger partial charge in [0.1, 0.15) is 22.7 Å². The predicted octanol–water partition coefficient (Wildman–Crippen LogP) is 6.36. The Hall–Kier alpha value is -4.13. The maximum atomic E-state index is 13.1. The second kappa shape index (κ2) is 9.62. The number of thiophene rings is 1. The summed E-state index contributed by atoms with van der Waals surface area (Å²) in [7, 11) is 0. The van der Waals surface area contributed by atoms with E-state index < -0.39 is 5.91 Å². The number of fused-ring (bicyclic) bond motifs is 2. The number of aromatic nitrogens is 1. The molecule has 0 unspecified atom stereocenters. The quantitative estimate of drug-likeness (QED) is 0.269. The molecule has 4 aromatic rings. The average molecular weight is 477 g/mol. The van der Waals surface area contributed by atoms with Crippen LogP contribution in [0.15, 0.2) is 60.3 Å². The third kappa shape index (κ3) is 4.49. The van der Waals surface area contributed by atoms with Crippen LogP contribution in [-0.4, -0.2) is 10.5 Å². The summed E-state index contributed by atoms with van der Waals surface area (Å²) in [4.78, 5) is 14.3. The lowest BCUT2D eigenvalue weighted by atomic mass is 9.96. The van der Waals surface area contributed by atoms with Crippen molar-refractivity contribution in [2.45, 2.75) is 39.2 Å². The van der Waals surface area contributed by atoms with Crippen molar-refractivity contribution in [3.05, 3.63) is 93.0 Å². The number of rotatable bonds is 5. The molecule has 5 nitrogen and oxygen atoms in total. The molecule has 2 heterocycles. The highest BCUT2D eigenvalue weighted by molar-refractivity contribution is 7.16. The van der Waals surface area contributed by atoms with Crippen molar-refractivity contribution in [3.63, 3.8) is 0 Å². The topological polar surface area (TPSA) is 81.6 Å². The number of nitriles is 2. The number of aryl methyl sites for hydroxylation is 2. The standard InChI is InChI=1S/C29H24N4OS/c1-19-7-6-8-20(13-19)17-33-18-22(23-9-2-4-11-26(23)33)14-21(15-30)28(34)32-29-25(16-31)24-10-3-5-12-27(24)35-29/h2,4,6-9,11,13-14,18H,3,5,10,12,17H2,1H3,(H,32,34)/b21-14+. The summed E-state index contributed by atoms with van der Waals surface area (Å²) in [5.74, 6) is -0.488. The molecule has 0 saturated heterocycles. The first-order valence-corrected chi connectivity index (χ1v) is 12.5. The first-order valence-electron chi connectivity index (χ1n) is 11.7. The lowest BCUT2D eigenvalue weighted by Gasteiger charge is -2.09. The minimum atomic E-state index is -0.488. The highest BCUT2D eigenvalue weighted by atomic mass is 32.1. The van der Waals surface area contributed by atoms with Crippen LogP contribution in [0, 0.1) is 29.6 Å². The van der Waals surface area contributed by atoms with Gasteiger partial charge in [-0.25, -0.2) is 0 Å². The minimum Gasteiger partial charge on any atom is -0.342 e. The van der Waals surface area contributed by atoms with Crippen LogP contribution in [0.4, 0.5) is 5.00 Å². The molecule has 0 fully saturated rings. The van der Waals surface area contributed by atoms with Gasteiger partial charge in [-0.2, -0.15) is 10.5 Å². The van der Waals surface area contributed by atoms with Gasteiger partial charge in [0.05, 0.1) is 5.56 Å². The number of amides is 1. The maximum absolute atomic E-state index is 13.1. The van der Waals surface area contributed by atoms with Crippen molar-refractivity contribution in [2.24, 2.45) is 0 Å². The molecule has 0 spiro atoms. The maximum Gasteiger partial charge on any atom is 0.266 e. The highest BCUT2D eigenvalue weighted by Gasteiger charge is 2.23. The van der Waals surface area contributed by atoms with E-state index in [1.54, 1.807) is 6.08 Å². The van der Waals surface area contributed by atoms with Crippen molar-refractivity contribution in [3.8, 4) is 12.1 Å². The Morgan fingerprint density at radius 2 is 1.97 bits per heavy atom. The molecule has 0 saturated carbocycles. The zero-order chi connectivity index (χ0) is 24.4. The van der Waals surface area contributed by atoms with E-state index in [-0.39, 0.29) is 5.57 Å². The molecule has 172 valence electrons. The summed E-state index contributed by atoms with van der Waals surface area (Å²) in [5, 5.41) is 23.9. The Labute approximate surface area is 208 Å². The molecule has 1 amide bonds. The number of anilines is 1. The smallest absolute Gasteiger partial charge is 0.266 e. The number of nitrogens with zero attached hydrogens (tertiary/aromatic N) is 3. The van der Waals surface area contributed by atoms with Crippen LogP contribution in [-0.2, 0) is 24.2 Å². The molecule has 0 bridgehead atoms. The fourth-order valence-electron chi connectivity index (χ4n) is 4.77. The van der Waals surface area contributed by atoms with Crippen LogP contribution in [0.3, 0.4) is 0 Å². The van der Waals surface area contributed by atoms with E-state index >= 15 is 0 Å². The number of para-hydroxylation sites is 1. The molecule has 1 aliphatic rings. The Morgan fingerprint density at radius 1 is 1.14 bits per heavy atom. The Balaban J connectivity index is 1.47. The zero-order valence-electron chi connectivity index (χ0n) is 19.5. The van der Waals surface area contributed by atoms with Crippen molar-refractivity contribution < 1.29 is 4.79 Å². The van der Waals surface area contributed by atoms with Crippen LogP contribution in [0.5, 0.6) is 0 Å². The van der Waals surface area contributed by atoms with E-state index in [1.165, 1.54) is 27.3 Å². The SMILES string of the molecule is Cc1cccc(Cn2cc(/C=C(\C#N)C(=O)Nc3sc4c(c3C#N)CCCC4)c3ccccc32)c1. The number of carbonyl (C=O) groups is 1. The van der Waals surface area contributed by atoms with E-state index in [2.05, 4.69) is 47.1 Å². The number of hydrogen-bond donors (Lipinski definition) is 1. The highest BCUT2D eigenvalue weighted by Crippen LogP contribution is 2.38. The number of carbonyl (C=O) groups excluding carboxylic acids is 1. The molecule has 6 heteroatoms. The lowest BCUT2D eigenvalue weighted by molar-refractivity contribution is -0.112. The Bertz CT molecular complexity index is 1560. The van der Waals surface area contributed by atoms with Crippen LogP contribution in [0.1, 0.15) is 45.5 Å². The lowest BCUT2D eigenvalue weighted by Crippen LogP contribution is -2.13. The van der Waals surface area contributed by atoms with E-state index in [4.69, 9.17) is 0 Å². The molecular weight excluding hydrogens is 452 g/mol. The largest absolute Gasteiger partial charge is 0.342 e. The van der Waals surface area contributed by atoms with E-state index in [0.29, 0.717) is 17.1 Å². The summed E-state index contributed by atoms with van der Waals surface area (Å²) in [6.45, 7) is 2.77. The van der Waals surface area contributed by atoms with Crippen LogP contribution >= 0.6 is 11.3 Å². The molecule has 0 aliphatic heterocycles. The summed E-state index contributed by atoms with van der Waals surface area (Å²) in [6, 6.07) is 20.7. The van der Waals surface area contributed by atoms with Gasteiger partial charge in [-0.1, -0.05) is 48.0 Å². The van der Waals surface area contributed by atoms with E-state index in [9.17, 15) is 15.3 Å². The molecule has 1 N–H and O–H groups in total. The predicted molar refractivity (Wildman–Crippen MR) is 140 cm³/mol. The summed E-state index contributed by atoms with van der Waals surface area (Å²) in [6.07, 6.45) is 7.59. The first-order chi connectivity index (χ1) is 17.1. The normalized spacial score (nSPS) is 13.2. The molecule has 0 atom stereocenters. The number of nitrogens with one attached hydrogen (secondary N) is 1. The third-order valence-corrected chi connectivity index (χ3v) is 7.64. The summed E-state index contributed by atoms with van der Waals surface area (Å²) < 4.78 is 2.14. The second-order valence-electron chi connectivity index (χ2n) is 8.87. The number of benzene rings is 2. The molecular formula is C29H24N4OS. The van der Waals surface area contributed by atoms with Gasteiger partial charge in [-0.05, 0) is 55.9 Å². The minimum absolute atomic E-state index is 0.0127. The molecule has 0 radical (unpaired) electrons. The van der Waals surface area contributed by atoms with Gasteiger partial charge in [0.15, 0.2) is 0 Å². The summed E-state index contributed by atoms with van der Waals surface area (Å²) in [5.41, 5.74) is 5.85. The van der Waals surface area contributed by atoms with Gasteiger partial charge in [0.2, 0.25) is 0 Å². The van der Waals surface area contributed by atoms with Crippen LogP contribution in [0.2, 0.25) is 0 Å². The van der Waals surface area contributed by atoms with Crippen LogP contribution < -0.4 is 5.32 Å². The van der Waals surface area contributed by atoms with E-state index in [0.717, 1.165) is 47.7 Å². The van der Waals surface area contributed by atoms with Crippen molar-refractivity contribution in [2.75, 3.05) is 5.32 Å². The molecule has 5 rings (SSSR count). The third-order valence-electron chi connectivity index (χ3n) is 6.43. The van der Waals surface area contributed by atoms with Gasteiger partial charge in [-0.3, -0.25) is 4.79 Å². The van der Waals surface area contributed by atoms with Gasteiger partial charge in [-0.15, -0.1) is 11.3 Å². The average Bonchev–Trinajstić information content (AvgIpc) is 3.39. The van der Waals surface area contributed by atoms with Crippen molar-refractivity contribution in [1.82, 2.24) is 4.57 Å². The van der Waals surface area contributed by atoms with Gasteiger partial charge in [0.25, 0.3) is 5.91 Å². The Kier molecular flexibility index (Phi) is 6.23. The molecule has 1 aliphatic carbocycles. The second-order valence-corrected chi connectivity index (χ2v) is 9.97. The van der Waals surface area contributed by atoms with Crippen molar-refractivity contribution in [1.29, 1.82) is 10.5 Å². The number of hydrogen-bond acceptors (Lipinski definition) is 4. The molecule has 2 aromatic carbocycles. The van der Waals surface area contributed by atoms with Crippen LogP contribution in [0.25, 0.3) is 17.0 Å². The van der Waals surface area contributed by atoms with Gasteiger partial charge >= 0.3 is 0 Å². The first kappa shape index (κ1) is 22.7. The monoisotopic (exact) mass is 476 g/mol. The fourth-order valence-corrected chi connectivity index (χ4v) is 6.01. The summed E-state index contributed by atoms with van der Waals surface area (Å²) >= 11 is 1.46. The van der Waals surface area contributed by atoms with E-state index in [1.807, 2.05) is 36.5 Å².